The van der Waals surface area contributed by atoms with Gasteiger partial charge in [-0.05, 0) is 29.8 Å². The molecule has 0 atom stereocenters. The van der Waals surface area contributed by atoms with E-state index in [-0.39, 0.29) is 24.3 Å². The van der Waals surface area contributed by atoms with Gasteiger partial charge in [0, 0.05) is 12.7 Å². The number of nitrogens with one attached hydrogen (secondary N) is 1. The monoisotopic (exact) mass is 330 g/mol. The summed E-state index contributed by atoms with van der Waals surface area (Å²) in [5, 5.41) is 2.51. The molecule has 0 bridgehead atoms. The number of carbonyl (C=O) groups excluding carboxylic acids is 1. The Morgan fingerprint density at radius 1 is 1.21 bits per heavy atom. The van der Waals surface area contributed by atoms with Crippen LogP contribution in [-0.4, -0.2) is 31.7 Å². The third-order valence-electron chi connectivity index (χ3n) is 3.40. The highest BCUT2D eigenvalue weighted by atomic mass is 19.1. The molecule has 24 heavy (non-hydrogen) atoms. The number of amides is 1. The van der Waals surface area contributed by atoms with Crippen molar-refractivity contribution in [2.75, 3.05) is 26.1 Å². The normalized spacial score (nSPS) is 10.8. The van der Waals surface area contributed by atoms with E-state index >= 15 is 0 Å². The highest BCUT2D eigenvalue weighted by Gasteiger charge is 2.17. The zero-order chi connectivity index (χ0) is 17.1. The van der Waals surface area contributed by atoms with Crippen LogP contribution in [0.15, 0.2) is 40.8 Å². The molecule has 6 nitrogen and oxygen atoms in total. The second-order valence-electron chi connectivity index (χ2n) is 5.00. The lowest BCUT2D eigenvalue weighted by Gasteiger charge is -2.05. The number of carbonyl (C=O) groups is 1. The maximum Gasteiger partial charge on any atom is 0.302 e. The molecular weight excluding hydrogens is 315 g/mol. The fourth-order valence-corrected chi connectivity index (χ4v) is 2.34. The molecule has 3 aromatic rings. The second-order valence-corrected chi connectivity index (χ2v) is 5.00. The first-order valence-corrected chi connectivity index (χ1v) is 7.14. The summed E-state index contributed by atoms with van der Waals surface area (Å²) in [6.07, 6.45) is 0. The number of hydrogen-bond donors (Lipinski definition) is 1. The van der Waals surface area contributed by atoms with Gasteiger partial charge < -0.3 is 13.9 Å². The van der Waals surface area contributed by atoms with Crippen LogP contribution in [0.5, 0.6) is 5.75 Å². The second kappa shape index (κ2) is 6.67. The zero-order valence-electron chi connectivity index (χ0n) is 13.1. The van der Waals surface area contributed by atoms with Crippen LogP contribution in [0.4, 0.5) is 10.4 Å². The first-order valence-electron chi connectivity index (χ1n) is 7.14. The highest BCUT2D eigenvalue weighted by Crippen LogP contribution is 2.36. The minimum atomic E-state index is -0.383. The van der Waals surface area contributed by atoms with Gasteiger partial charge in [0.2, 0.25) is 0 Å². The van der Waals surface area contributed by atoms with Crippen LogP contribution in [0.25, 0.3) is 22.2 Å². The van der Waals surface area contributed by atoms with Gasteiger partial charge in [0.25, 0.3) is 5.91 Å². The van der Waals surface area contributed by atoms with E-state index in [0.717, 1.165) is 5.56 Å². The summed E-state index contributed by atoms with van der Waals surface area (Å²) in [5.74, 6) is -0.202. The van der Waals surface area contributed by atoms with Gasteiger partial charge in [-0.15, -0.1) is 0 Å². The van der Waals surface area contributed by atoms with E-state index in [1.165, 1.54) is 26.4 Å². The lowest BCUT2D eigenvalue weighted by molar-refractivity contribution is -0.119. The first-order chi connectivity index (χ1) is 11.6. The average Bonchev–Trinajstić information content (AvgIpc) is 2.98. The van der Waals surface area contributed by atoms with Gasteiger partial charge >= 0.3 is 6.01 Å². The van der Waals surface area contributed by atoms with Crippen molar-refractivity contribution >= 4 is 23.0 Å². The van der Waals surface area contributed by atoms with Crippen LogP contribution in [-0.2, 0) is 9.53 Å². The van der Waals surface area contributed by atoms with Gasteiger partial charge in [0.1, 0.15) is 18.2 Å². The van der Waals surface area contributed by atoms with Crippen molar-refractivity contribution in [2.24, 2.45) is 0 Å². The van der Waals surface area contributed by atoms with Gasteiger partial charge in [0.05, 0.1) is 7.11 Å². The largest absolute Gasteiger partial charge is 0.494 e. The van der Waals surface area contributed by atoms with Gasteiger partial charge in [-0.1, -0.05) is 12.1 Å². The number of anilines is 1. The van der Waals surface area contributed by atoms with E-state index in [9.17, 15) is 9.18 Å². The van der Waals surface area contributed by atoms with Gasteiger partial charge in [-0.25, -0.2) is 4.39 Å². The summed E-state index contributed by atoms with van der Waals surface area (Å²) < 4.78 is 28.9. The summed E-state index contributed by atoms with van der Waals surface area (Å²) in [5.41, 5.74) is 2.38. The van der Waals surface area contributed by atoms with Gasteiger partial charge in [0.15, 0.2) is 11.1 Å². The number of nitrogens with zero attached hydrogens (tertiary/aromatic N) is 1. The Labute approximate surface area is 137 Å². The maximum absolute atomic E-state index is 13.1. The van der Waals surface area contributed by atoms with Crippen molar-refractivity contribution in [2.45, 2.75) is 0 Å². The quantitative estimate of drug-likeness (QED) is 0.777. The SMILES string of the molecule is COCC(=O)Nc1nc2c(OC)ccc(-c3ccc(F)cc3)c2o1. The predicted octanol–water partition coefficient (Wildman–Crippen LogP) is 3.23. The molecule has 0 saturated carbocycles. The lowest BCUT2D eigenvalue weighted by atomic mass is 10.0. The molecule has 0 aliphatic carbocycles. The van der Waals surface area contributed by atoms with Crippen molar-refractivity contribution in [1.29, 1.82) is 0 Å². The number of rotatable bonds is 5. The van der Waals surface area contributed by atoms with E-state index in [1.807, 2.05) is 0 Å². The fourth-order valence-electron chi connectivity index (χ4n) is 2.34. The molecule has 0 aliphatic rings. The van der Waals surface area contributed by atoms with Crippen LogP contribution < -0.4 is 10.1 Å². The number of hydrogen-bond acceptors (Lipinski definition) is 5. The number of oxazole rings is 1. The smallest absolute Gasteiger partial charge is 0.302 e. The Morgan fingerprint density at radius 3 is 2.62 bits per heavy atom. The molecule has 3 rings (SSSR count). The number of aromatic nitrogens is 1. The van der Waals surface area contributed by atoms with Crippen LogP contribution in [0.1, 0.15) is 0 Å². The van der Waals surface area contributed by atoms with E-state index in [0.29, 0.717) is 22.4 Å². The summed E-state index contributed by atoms with van der Waals surface area (Å²) in [7, 11) is 2.94. The van der Waals surface area contributed by atoms with Crippen LogP contribution >= 0.6 is 0 Å². The van der Waals surface area contributed by atoms with E-state index in [1.54, 1.807) is 24.3 Å². The Balaban J connectivity index is 2.08. The van der Waals surface area contributed by atoms with E-state index < -0.39 is 0 Å². The van der Waals surface area contributed by atoms with Crippen LogP contribution in [0, 0.1) is 5.82 Å². The molecule has 1 amide bonds. The Bertz CT molecular complexity index is 874. The van der Waals surface area contributed by atoms with Crippen molar-refractivity contribution in [3.63, 3.8) is 0 Å². The molecule has 0 radical (unpaired) electrons. The number of methoxy groups -OCH3 is 2. The number of ether oxygens (including phenoxy) is 2. The Hall–Kier alpha value is -2.93. The lowest BCUT2D eigenvalue weighted by Crippen LogP contribution is -2.17. The third kappa shape index (κ3) is 3.07. The summed E-state index contributed by atoms with van der Waals surface area (Å²) >= 11 is 0. The number of benzene rings is 2. The molecular formula is C17H15FN2O4. The molecule has 124 valence electrons. The highest BCUT2D eigenvalue weighted by molar-refractivity contribution is 5.96. The molecule has 7 heteroatoms. The Morgan fingerprint density at radius 2 is 1.96 bits per heavy atom. The first kappa shape index (κ1) is 15.9. The molecule has 2 aromatic carbocycles. The molecule has 0 fully saturated rings. The molecule has 0 spiro atoms. The Kier molecular flexibility index (Phi) is 4.43. The minimum Gasteiger partial charge on any atom is -0.494 e. The maximum atomic E-state index is 13.1. The van der Waals surface area contributed by atoms with Crippen molar-refractivity contribution in [3.05, 3.63) is 42.2 Å². The number of halogens is 1. The molecule has 1 heterocycles. The van der Waals surface area contributed by atoms with Crippen molar-refractivity contribution in [3.8, 4) is 16.9 Å². The van der Waals surface area contributed by atoms with Crippen LogP contribution in [0.2, 0.25) is 0 Å². The van der Waals surface area contributed by atoms with Crippen LogP contribution in [0.3, 0.4) is 0 Å². The van der Waals surface area contributed by atoms with E-state index in [2.05, 4.69) is 10.3 Å². The topological polar surface area (TPSA) is 73.6 Å². The van der Waals surface area contributed by atoms with E-state index in [4.69, 9.17) is 13.9 Å². The molecule has 1 aromatic heterocycles. The standard InChI is InChI=1S/C17H15FN2O4/c1-22-9-14(21)19-17-20-15-13(23-2)8-7-12(16(15)24-17)10-3-5-11(18)6-4-10/h3-8H,9H2,1-2H3,(H,19,20,21). The van der Waals surface area contributed by atoms with Crippen molar-refractivity contribution < 1.29 is 23.1 Å². The zero-order valence-corrected chi connectivity index (χ0v) is 13.1. The molecule has 1 N–H and O–H groups in total. The van der Waals surface area contributed by atoms with Gasteiger partial charge in [-0.2, -0.15) is 4.98 Å². The molecule has 0 unspecified atom stereocenters. The average molecular weight is 330 g/mol. The summed E-state index contributed by atoms with van der Waals surface area (Å²) in [6.45, 7) is -0.110. The third-order valence-corrected chi connectivity index (χ3v) is 3.40. The summed E-state index contributed by atoms with van der Waals surface area (Å²) in [4.78, 5) is 15.9. The van der Waals surface area contributed by atoms with Gasteiger partial charge in [-0.3, -0.25) is 10.1 Å². The summed E-state index contributed by atoms with van der Waals surface area (Å²) in [6, 6.07) is 9.58. The minimum absolute atomic E-state index is 0.0416. The predicted molar refractivity (Wildman–Crippen MR) is 86.5 cm³/mol. The number of fused-ring (bicyclic) bond motifs is 1. The molecule has 0 saturated heterocycles. The van der Waals surface area contributed by atoms with Crippen molar-refractivity contribution in [1.82, 2.24) is 4.98 Å². The molecule has 0 aliphatic heterocycles. The fraction of sp³-hybridized carbons (Fsp3) is 0.176.